The largest absolute Gasteiger partial charge is 0.466 e. The van der Waals surface area contributed by atoms with E-state index >= 15 is 0 Å². The summed E-state index contributed by atoms with van der Waals surface area (Å²) in [7, 11) is 0. The lowest BCUT2D eigenvalue weighted by molar-refractivity contribution is -0.142. The van der Waals surface area contributed by atoms with Gasteiger partial charge in [-0.2, -0.15) is 11.8 Å². The minimum atomic E-state index is -0.118. The highest BCUT2D eigenvalue weighted by Crippen LogP contribution is 2.14. The summed E-state index contributed by atoms with van der Waals surface area (Å²) in [5.74, 6) is 0.771. The van der Waals surface area contributed by atoms with Crippen molar-refractivity contribution in [3.8, 4) is 0 Å². The van der Waals surface area contributed by atoms with Gasteiger partial charge in [-0.3, -0.25) is 4.79 Å². The molecule has 2 N–H and O–H groups in total. The number of carbonyl (C=O) groups excluding carboxylic acids is 1. The Hall–Kier alpha value is -0.220. The highest BCUT2D eigenvalue weighted by Gasteiger charge is 2.10. The molecule has 0 bridgehead atoms. The maximum Gasteiger partial charge on any atom is 0.306 e. The highest BCUT2D eigenvalue weighted by molar-refractivity contribution is 7.99. The summed E-state index contributed by atoms with van der Waals surface area (Å²) in [6, 6.07) is 0.189. The van der Waals surface area contributed by atoms with E-state index < -0.39 is 0 Å². The Bertz CT molecular complexity index is 151. The van der Waals surface area contributed by atoms with Crippen LogP contribution in [0.2, 0.25) is 0 Å². The minimum absolute atomic E-state index is 0.118. The quantitative estimate of drug-likeness (QED) is 0.666. The van der Waals surface area contributed by atoms with Gasteiger partial charge in [-0.1, -0.05) is 6.92 Å². The first-order chi connectivity index (χ1) is 6.06. The van der Waals surface area contributed by atoms with Crippen LogP contribution in [0.25, 0.3) is 0 Å². The molecule has 0 saturated carbocycles. The fourth-order valence-electron chi connectivity index (χ4n) is 0.830. The first-order valence-corrected chi connectivity index (χ1v) is 5.64. The SMILES string of the molecule is CCOC(=O)CC(C)SCC(C)N. The summed E-state index contributed by atoms with van der Waals surface area (Å²) in [6.45, 7) is 6.26. The van der Waals surface area contributed by atoms with Crippen LogP contribution in [0.5, 0.6) is 0 Å². The van der Waals surface area contributed by atoms with Gasteiger partial charge in [0.25, 0.3) is 0 Å². The molecule has 0 aliphatic rings. The van der Waals surface area contributed by atoms with Crippen LogP contribution >= 0.6 is 11.8 Å². The summed E-state index contributed by atoms with van der Waals surface area (Å²) in [5, 5.41) is 0.296. The number of esters is 1. The van der Waals surface area contributed by atoms with E-state index in [-0.39, 0.29) is 12.0 Å². The van der Waals surface area contributed by atoms with Crippen molar-refractivity contribution in [2.45, 2.75) is 38.5 Å². The van der Waals surface area contributed by atoms with Crippen LogP contribution in [0.15, 0.2) is 0 Å². The fourth-order valence-corrected chi connectivity index (χ4v) is 1.72. The molecule has 0 heterocycles. The molecule has 13 heavy (non-hydrogen) atoms. The second kappa shape index (κ2) is 7.21. The molecule has 0 fully saturated rings. The molecule has 0 spiro atoms. The zero-order valence-electron chi connectivity index (χ0n) is 8.58. The molecular formula is C9H19NO2S. The van der Waals surface area contributed by atoms with Gasteiger partial charge in [-0.15, -0.1) is 0 Å². The smallest absolute Gasteiger partial charge is 0.306 e. The minimum Gasteiger partial charge on any atom is -0.466 e. The average molecular weight is 205 g/mol. The molecule has 0 aromatic heterocycles. The maximum atomic E-state index is 11.0. The molecule has 3 nitrogen and oxygen atoms in total. The van der Waals surface area contributed by atoms with Crippen molar-refractivity contribution in [3.05, 3.63) is 0 Å². The molecule has 0 aromatic rings. The third-order valence-corrected chi connectivity index (χ3v) is 2.86. The summed E-state index contributed by atoms with van der Waals surface area (Å²) in [5.41, 5.74) is 5.59. The van der Waals surface area contributed by atoms with Crippen molar-refractivity contribution in [1.29, 1.82) is 0 Å². The number of ether oxygens (including phenoxy) is 1. The molecule has 0 amide bonds. The molecule has 0 radical (unpaired) electrons. The number of thioether (sulfide) groups is 1. The maximum absolute atomic E-state index is 11.0. The number of rotatable bonds is 6. The molecule has 4 heteroatoms. The third kappa shape index (κ3) is 8.12. The van der Waals surface area contributed by atoms with E-state index in [1.807, 2.05) is 20.8 Å². The van der Waals surface area contributed by atoms with Crippen LogP contribution in [0.4, 0.5) is 0 Å². The second-order valence-electron chi connectivity index (χ2n) is 3.13. The Kier molecular flexibility index (Phi) is 7.09. The van der Waals surface area contributed by atoms with Crippen molar-refractivity contribution in [2.75, 3.05) is 12.4 Å². The van der Waals surface area contributed by atoms with Crippen molar-refractivity contribution < 1.29 is 9.53 Å². The van der Waals surface area contributed by atoms with Crippen LogP contribution in [0, 0.1) is 0 Å². The Morgan fingerprint density at radius 1 is 1.54 bits per heavy atom. The van der Waals surface area contributed by atoms with Gasteiger partial charge in [0.1, 0.15) is 0 Å². The second-order valence-corrected chi connectivity index (χ2v) is 4.60. The van der Waals surface area contributed by atoms with Crippen molar-refractivity contribution in [1.82, 2.24) is 0 Å². The van der Waals surface area contributed by atoms with E-state index in [1.54, 1.807) is 11.8 Å². The van der Waals surface area contributed by atoms with Gasteiger partial charge in [-0.05, 0) is 13.8 Å². The standard InChI is InChI=1S/C9H19NO2S/c1-4-12-9(11)5-8(3)13-6-7(2)10/h7-8H,4-6,10H2,1-3H3. The lowest BCUT2D eigenvalue weighted by atomic mass is 10.3. The normalized spacial score (nSPS) is 15.1. The zero-order chi connectivity index (χ0) is 10.3. The summed E-state index contributed by atoms with van der Waals surface area (Å²) in [6.07, 6.45) is 0.477. The van der Waals surface area contributed by atoms with Crippen LogP contribution in [0.1, 0.15) is 27.2 Å². The van der Waals surface area contributed by atoms with E-state index in [9.17, 15) is 4.79 Å². The van der Waals surface area contributed by atoms with Crippen LogP contribution in [0.3, 0.4) is 0 Å². The van der Waals surface area contributed by atoms with Gasteiger partial charge in [0.05, 0.1) is 13.0 Å². The van der Waals surface area contributed by atoms with Gasteiger partial charge in [0, 0.05) is 17.0 Å². The summed E-state index contributed by atoms with van der Waals surface area (Å²) >= 11 is 1.71. The molecule has 2 atom stereocenters. The number of hydrogen-bond acceptors (Lipinski definition) is 4. The highest BCUT2D eigenvalue weighted by atomic mass is 32.2. The molecule has 2 unspecified atom stereocenters. The summed E-state index contributed by atoms with van der Waals surface area (Å²) < 4.78 is 4.84. The fraction of sp³-hybridized carbons (Fsp3) is 0.889. The zero-order valence-corrected chi connectivity index (χ0v) is 9.39. The third-order valence-electron chi connectivity index (χ3n) is 1.40. The first kappa shape index (κ1) is 12.8. The van der Waals surface area contributed by atoms with Crippen LogP contribution < -0.4 is 5.73 Å². The van der Waals surface area contributed by atoms with Crippen molar-refractivity contribution in [3.63, 3.8) is 0 Å². The molecule has 0 aromatic carbocycles. The van der Waals surface area contributed by atoms with E-state index in [0.717, 1.165) is 5.75 Å². The number of nitrogens with two attached hydrogens (primary N) is 1. The Balaban J connectivity index is 3.49. The predicted octanol–water partition coefficient (Wildman–Crippen LogP) is 1.41. The molecule has 0 aliphatic heterocycles. The monoisotopic (exact) mass is 205 g/mol. The predicted molar refractivity (Wildman–Crippen MR) is 56.8 cm³/mol. The van der Waals surface area contributed by atoms with Gasteiger partial charge in [0.2, 0.25) is 0 Å². The molecule has 78 valence electrons. The van der Waals surface area contributed by atoms with Crippen LogP contribution in [-0.2, 0) is 9.53 Å². The average Bonchev–Trinajstić information content (AvgIpc) is 2.01. The Morgan fingerprint density at radius 2 is 2.15 bits per heavy atom. The molecular weight excluding hydrogens is 186 g/mol. The van der Waals surface area contributed by atoms with Crippen molar-refractivity contribution >= 4 is 17.7 Å². The molecule has 0 aliphatic carbocycles. The Labute approximate surface area is 84.4 Å². The number of carbonyl (C=O) groups is 1. The molecule has 0 saturated heterocycles. The topological polar surface area (TPSA) is 52.3 Å². The molecule has 0 rings (SSSR count). The van der Waals surface area contributed by atoms with E-state index in [4.69, 9.17) is 10.5 Å². The van der Waals surface area contributed by atoms with Gasteiger partial charge in [-0.25, -0.2) is 0 Å². The lowest BCUT2D eigenvalue weighted by Crippen LogP contribution is -2.20. The first-order valence-electron chi connectivity index (χ1n) is 4.59. The number of hydrogen-bond donors (Lipinski definition) is 1. The van der Waals surface area contributed by atoms with Gasteiger partial charge >= 0.3 is 5.97 Å². The van der Waals surface area contributed by atoms with E-state index in [2.05, 4.69) is 0 Å². The van der Waals surface area contributed by atoms with Crippen molar-refractivity contribution in [2.24, 2.45) is 5.73 Å². The van der Waals surface area contributed by atoms with E-state index in [1.165, 1.54) is 0 Å². The van der Waals surface area contributed by atoms with E-state index in [0.29, 0.717) is 18.3 Å². The van der Waals surface area contributed by atoms with Crippen LogP contribution in [-0.4, -0.2) is 29.6 Å². The van der Waals surface area contributed by atoms with Gasteiger partial charge in [0.15, 0.2) is 0 Å². The summed E-state index contributed by atoms with van der Waals surface area (Å²) in [4.78, 5) is 11.0. The van der Waals surface area contributed by atoms with Gasteiger partial charge < -0.3 is 10.5 Å². The Morgan fingerprint density at radius 3 is 2.62 bits per heavy atom. The lowest BCUT2D eigenvalue weighted by Gasteiger charge is -2.11.